The predicted octanol–water partition coefficient (Wildman–Crippen LogP) is 3.62. The quantitative estimate of drug-likeness (QED) is 0.347. The molecule has 0 saturated carbocycles. The van der Waals surface area contributed by atoms with E-state index in [0.717, 1.165) is 13.1 Å². The van der Waals surface area contributed by atoms with Crippen LogP contribution >= 0.6 is 15.9 Å². The highest BCUT2D eigenvalue weighted by Crippen LogP contribution is 2.39. The van der Waals surface area contributed by atoms with Crippen LogP contribution in [0.5, 0.6) is 5.75 Å². The number of aliphatic hydroxyl groups excluding tert-OH is 1. The SMILES string of the molecule is CCN(CC)CCN1C(=O)C(=O)/C(=C(\O)c2ccc(OC)c(Br)c2)C1c1ccccn1. The van der Waals surface area contributed by atoms with E-state index < -0.39 is 17.7 Å². The molecule has 2 aromatic rings. The number of likely N-dealkylation sites (N-methyl/N-ethyl adjacent to an activating group) is 1. The average Bonchev–Trinajstić information content (AvgIpc) is 3.04. The van der Waals surface area contributed by atoms with Gasteiger partial charge >= 0.3 is 0 Å². The summed E-state index contributed by atoms with van der Waals surface area (Å²) in [7, 11) is 1.54. The van der Waals surface area contributed by atoms with Gasteiger partial charge in [-0.1, -0.05) is 19.9 Å². The van der Waals surface area contributed by atoms with E-state index in [1.54, 1.807) is 49.7 Å². The first kappa shape index (κ1) is 23.0. The Bertz CT molecular complexity index is 990. The molecule has 31 heavy (non-hydrogen) atoms. The highest BCUT2D eigenvalue weighted by atomic mass is 79.9. The number of halogens is 1. The molecule has 1 atom stereocenters. The van der Waals surface area contributed by atoms with Gasteiger partial charge in [0, 0.05) is 24.8 Å². The van der Waals surface area contributed by atoms with Crippen LogP contribution in [0.2, 0.25) is 0 Å². The van der Waals surface area contributed by atoms with Gasteiger partial charge in [0.25, 0.3) is 11.7 Å². The van der Waals surface area contributed by atoms with Gasteiger partial charge in [0.05, 0.1) is 22.8 Å². The fourth-order valence-corrected chi connectivity index (χ4v) is 4.25. The van der Waals surface area contributed by atoms with Crippen molar-refractivity contribution in [3.63, 3.8) is 0 Å². The van der Waals surface area contributed by atoms with Crippen molar-refractivity contribution >= 4 is 33.4 Å². The number of ether oxygens (including phenoxy) is 1. The lowest BCUT2D eigenvalue weighted by Gasteiger charge is -2.27. The van der Waals surface area contributed by atoms with Crippen LogP contribution < -0.4 is 4.74 Å². The monoisotopic (exact) mass is 487 g/mol. The van der Waals surface area contributed by atoms with Crippen molar-refractivity contribution in [2.24, 2.45) is 0 Å². The highest BCUT2D eigenvalue weighted by molar-refractivity contribution is 9.10. The van der Waals surface area contributed by atoms with Gasteiger partial charge < -0.3 is 19.6 Å². The van der Waals surface area contributed by atoms with Gasteiger partial charge in [0.2, 0.25) is 0 Å². The van der Waals surface area contributed by atoms with Crippen LogP contribution in [0.4, 0.5) is 0 Å². The maximum Gasteiger partial charge on any atom is 0.295 e. The van der Waals surface area contributed by atoms with Crippen molar-refractivity contribution in [1.29, 1.82) is 0 Å². The Kier molecular flexibility index (Phi) is 7.46. The third kappa shape index (κ3) is 4.65. The van der Waals surface area contributed by atoms with Crippen molar-refractivity contribution in [1.82, 2.24) is 14.8 Å². The average molecular weight is 488 g/mol. The van der Waals surface area contributed by atoms with Gasteiger partial charge in [-0.05, 0) is 59.4 Å². The van der Waals surface area contributed by atoms with Crippen LogP contribution in [0.15, 0.2) is 52.6 Å². The van der Waals surface area contributed by atoms with Gasteiger partial charge in [-0.25, -0.2) is 0 Å². The fourth-order valence-electron chi connectivity index (χ4n) is 3.71. The molecule has 164 valence electrons. The normalized spacial score (nSPS) is 18.1. The Morgan fingerprint density at radius 2 is 1.97 bits per heavy atom. The molecule has 1 N–H and O–H groups in total. The first-order valence-electron chi connectivity index (χ1n) is 10.2. The number of aromatic nitrogens is 1. The van der Waals surface area contributed by atoms with Crippen molar-refractivity contribution in [3.05, 3.63) is 63.9 Å². The largest absolute Gasteiger partial charge is 0.507 e. The molecule has 0 bridgehead atoms. The lowest BCUT2D eigenvalue weighted by molar-refractivity contribution is -0.140. The molecule has 2 heterocycles. The number of amides is 1. The van der Waals surface area contributed by atoms with E-state index in [4.69, 9.17) is 4.74 Å². The van der Waals surface area contributed by atoms with E-state index >= 15 is 0 Å². The topological polar surface area (TPSA) is 83.0 Å². The summed E-state index contributed by atoms with van der Waals surface area (Å²) in [5.74, 6) is -0.975. The molecule has 0 aliphatic carbocycles. The molecule has 0 radical (unpaired) electrons. The maximum absolute atomic E-state index is 13.0. The summed E-state index contributed by atoms with van der Waals surface area (Å²) in [6, 6.07) is 9.58. The summed E-state index contributed by atoms with van der Waals surface area (Å²) in [6.45, 7) is 6.77. The Morgan fingerprint density at radius 3 is 2.55 bits per heavy atom. The summed E-state index contributed by atoms with van der Waals surface area (Å²) < 4.78 is 5.87. The Labute approximate surface area is 190 Å². The summed E-state index contributed by atoms with van der Waals surface area (Å²) in [5.41, 5.74) is 0.992. The van der Waals surface area contributed by atoms with Crippen LogP contribution in [0, 0.1) is 0 Å². The summed E-state index contributed by atoms with van der Waals surface area (Å²) in [5, 5.41) is 11.1. The lowest BCUT2D eigenvalue weighted by atomic mass is 9.98. The molecule has 1 aromatic heterocycles. The third-order valence-electron chi connectivity index (χ3n) is 5.48. The number of likely N-dealkylation sites (tertiary alicyclic amines) is 1. The minimum absolute atomic E-state index is 0.0420. The number of nitrogens with zero attached hydrogens (tertiary/aromatic N) is 3. The number of carbonyl (C=O) groups is 2. The minimum atomic E-state index is -0.752. The Morgan fingerprint density at radius 1 is 1.23 bits per heavy atom. The maximum atomic E-state index is 13.0. The molecule has 7 nitrogen and oxygen atoms in total. The van der Waals surface area contributed by atoms with E-state index in [2.05, 4.69) is 39.7 Å². The van der Waals surface area contributed by atoms with E-state index in [1.165, 1.54) is 4.90 Å². The van der Waals surface area contributed by atoms with Crippen LogP contribution in [-0.4, -0.2) is 64.9 Å². The van der Waals surface area contributed by atoms with Crippen LogP contribution in [-0.2, 0) is 9.59 Å². The first-order valence-corrected chi connectivity index (χ1v) is 11.0. The number of ketones is 1. The molecule has 1 saturated heterocycles. The predicted molar refractivity (Wildman–Crippen MR) is 122 cm³/mol. The van der Waals surface area contributed by atoms with E-state index in [9.17, 15) is 14.7 Å². The fraction of sp³-hybridized carbons (Fsp3) is 0.348. The molecular weight excluding hydrogens is 462 g/mol. The van der Waals surface area contributed by atoms with E-state index in [0.29, 0.717) is 34.6 Å². The smallest absolute Gasteiger partial charge is 0.295 e. The second kappa shape index (κ2) is 10.1. The number of hydrogen-bond acceptors (Lipinski definition) is 6. The second-order valence-electron chi connectivity index (χ2n) is 7.12. The highest BCUT2D eigenvalue weighted by Gasteiger charge is 2.46. The molecule has 0 spiro atoms. The second-order valence-corrected chi connectivity index (χ2v) is 7.98. The van der Waals surface area contributed by atoms with Crippen LogP contribution in [0.25, 0.3) is 5.76 Å². The summed E-state index contributed by atoms with van der Waals surface area (Å²) >= 11 is 3.40. The standard InChI is InChI=1S/C23H26BrN3O4/c1-4-26(5-2)12-13-27-20(17-8-6-7-11-25-17)19(22(29)23(27)30)21(28)15-9-10-18(31-3)16(24)14-15/h6-11,14,20,28H,4-5,12-13H2,1-3H3/b21-19-. The van der Waals surface area contributed by atoms with Gasteiger partial charge in [-0.15, -0.1) is 0 Å². The van der Waals surface area contributed by atoms with Crippen molar-refractivity contribution in [2.45, 2.75) is 19.9 Å². The minimum Gasteiger partial charge on any atom is -0.507 e. The molecule has 8 heteroatoms. The van der Waals surface area contributed by atoms with Gasteiger partial charge in [-0.2, -0.15) is 0 Å². The Balaban J connectivity index is 2.08. The zero-order chi connectivity index (χ0) is 22.5. The zero-order valence-electron chi connectivity index (χ0n) is 17.8. The first-order chi connectivity index (χ1) is 14.9. The number of hydrogen-bond donors (Lipinski definition) is 1. The number of Topliss-reactive ketones (excluding diaryl/α,β-unsaturated/α-hetero) is 1. The summed E-state index contributed by atoms with van der Waals surface area (Å²) in [6.07, 6.45) is 1.61. The number of rotatable bonds is 8. The van der Waals surface area contributed by atoms with Gasteiger partial charge in [-0.3, -0.25) is 14.6 Å². The molecule has 1 amide bonds. The molecule has 1 fully saturated rings. The van der Waals surface area contributed by atoms with Crippen molar-refractivity contribution in [3.8, 4) is 5.75 Å². The molecule has 1 aromatic carbocycles. The van der Waals surface area contributed by atoms with Crippen LogP contribution in [0.1, 0.15) is 31.1 Å². The number of methoxy groups -OCH3 is 1. The Hall–Kier alpha value is -2.71. The number of aliphatic hydroxyl groups is 1. The van der Waals surface area contributed by atoms with Crippen molar-refractivity contribution in [2.75, 3.05) is 33.3 Å². The van der Waals surface area contributed by atoms with E-state index in [-0.39, 0.29) is 11.3 Å². The molecular formula is C23H26BrN3O4. The zero-order valence-corrected chi connectivity index (χ0v) is 19.4. The van der Waals surface area contributed by atoms with Gasteiger partial charge in [0.15, 0.2) is 0 Å². The third-order valence-corrected chi connectivity index (χ3v) is 6.10. The number of carbonyl (C=O) groups excluding carboxylic acids is 2. The van der Waals surface area contributed by atoms with Crippen molar-refractivity contribution < 1.29 is 19.4 Å². The molecule has 1 aliphatic heterocycles. The van der Waals surface area contributed by atoms with E-state index in [1.807, 2.05) is 0 Å². The molecule has 1 aliphatic rings. The lowest BCUT2D eigenvalue weighted by Crippen LogP contribution is -2.38. The van der Waals surface area contributed by atoms with Crippen LogP contribution in [0.3, 0.4) is 0 Å². The summed E-state index contributed by atoms with van der Waals surface area (Å²) in [4.78, 5) is 34.0. The number of benzene rings is 1. The molecule has 3 rings (SSSR count). The van der Waals surface area contributed by atoms with Gasteiger partial charge in [0.1, 0.15) is 17.6 Å². The molecule has 1 unspecified atom stereocenters. The number of pyridine rings is 1.